The van der Waals surface area contributed by atoms with E-state index in [1.807, 2.05) is 48.3 Å². The van der Waals surface area contributed by atoms with Gasteiger partial charge in [0.1, 0.15) is 22.5 Å². The van der Waals surface area contributed by atoms with Gasteiger partial charge in [-0.3, -0.25) is 14.5 Å². The molecule has 0 spiro atoms. The Hall–Kier alpha value is -3.56. The van der Waals surface area contributed by atoms with Crippen LogP contribution in [-0.2, 0) is 20.7 Å². The third-order valence-electron chi connectivity index (χ3n) is 5.71. The lowest BCUT2D eigenvalue weighted by molar-refractivity contribution is -0.121. The Morgan fingerprint density at radius 1 is 1.11 bits per heavy atom. The number of nitrogens with zero attached hydrogens (tertiary/aromatic N) is 4. The highest BCUT2D eigenvalue weighted by Crippen LogP contribution is 2.23. The second-order valence-corrected chi connectivity index (χ2v) is 8.77. The molecular formula is C27H35N5O4. The van der Waals surface area contributed by atoms with Gasteiger partial charge in [0.25, 0.3) is 0 Å². The Bertz CT molecular complexity index is 1140. The fourth-order valence-electron chi connectivity index (χ4n) is 3.80. The Labute approximate surface area is 211 Å². The van der Waals surface area contributed by atoms with E-state index in [4.69, 9.17) is 4.74 Å². The molecule has 0 unspecified atom stereocenters. The molecule has 3 aromatic rings. The molecule has 2 aromatic carbocycles. The van der Waals surface area contributed by atoms with Gasteiger partial charge in [-0.2, -0.15) is 0 Å². The first kappa shape index (κ1) is 27.0. The maximum Gasteiger partial charge on any atom is 0.220 e. The van der Waals surface area contributed by atoms with Crippen LogP contribution in [0.4, 0.5) is 0 Å². The molecule has 2 N–H and O–H groups in total. The van der Waals surface area contributed by atoms with Crippen LogP contribution in [0.3, 0.4) is 0 Å². The normalized spacial score (nSPS) is 11.5. The molecule has 9 nitrogen and oxygen atoms in total. The van der Waals surface area contributed by atoms with E-state index < -0.39 is 0 Å². The number of amides is 1. The summed E-state index contributed by atoms with van der Waals surface area (Å²) in [6.45, 7) is 2.15. The summed E-state index contributed by atoms with van der Waals surface area (Å²) in [5.41, 5.74) is 2.99. The van der Waals surface area contributed by atoms with Crippen molar-refractivity contribution in [3.8, 4) is 11.4 Å². The van der Waals surface area contributed by atoms with Crippen LogP contribution in [-0.4, -0.2) is 77.1 Å². The molecule has 36 heavy (non-hydrogen) atoms. The third-order valence-corrected chi connectivity index (χ3v) is 5.71. The lowest BCUT2D eigenvalue weighted by atomic mass is 10.1. The van der Waals surface area contributed by atoms with Crippen LogP contribution in [0.1, 0.15) is 31.2 Å². The van der Waals surface area contributed by atoms with Crippen molar-refractivity contribution in [1.29, 1.82) is 0 Å². The SMILES string of the molecule is COC/C=C\C(=O)CN(C)CCCCCC(=O)NCCc1ccc(O)c(-n2nc3ccccc3n2)c1. The van der Waals surface area contributed by atoms with Gasteiger partial charge in [-0.15, -0.1) is 15.0 Å². The maximum atomic E-state index is 12.2. The number of fused-ring (bicyclic) bond motifs is 1. The Balaban J connectivity index is 1.34. The molecule has 3 rings (SSSR count). The van der Waals surface area contributed by atoms with Gasteiger partial charge in [0, 0.05) is 20.1 Å². The molecule has 0 bridgehead atoms. The smallest absolute Gasteiger partial charge is 0.220 e. The molecule has 1 aromatic heterocycles. The standard InChI is InChI=1S/C27H35N5O4/c1-31(20-22(33)9-8-18-36-2)17-7-3-4-12-27(35)28-16-15-21-13-14-26(34)25(19-21)32-29-23-10-5-6-11-24(23)30-32/h5-6,8-11,13-14,19,34H,3-4,7,12,15-18,20H2,1-2H3,(H,28,35)/b9-8-. The van der Waals surface area contributed by atoms with Gasteiger partial charge in [-0.05, 0) is 68.8 Å². The molecule has 0 saturated carbocycles. The average Bonchev–Trinajstić information content (AvgIpc) is 3.29. The fourth-order valence-corrected chi connectivity index (χ4v) is 3.80. The van der Waals surface area contributed by atoms with E-state index in [9.17, 15) is 14.7 Å². The second-order valence-electron chi connectivity index (χ2n) is 8.77. The van der Waals surface area contributed by atoms with Crippen molar-refractivity contribution in [2.24, 2.45) is 0 Å². The van der Waals surface area contributed by atoms with Gasteiger partial charge in [-0.1, -0.05) is 30.7 Å². The summed E-state index contributed by atoms with van der Waals surface area (Å²) in [6, 6.07) is 12.8. The molecule has 0 fully saturated rings. The van der Waals surface area contributed by atoms with E-state index in [0.29, 0.717) is 38.2 Å². The lowest BCUT2D eigenvalue weighted by Crippen LogP contribution is -2.26. The molecule has 0 aliphatic carbocycles. The van der Waals surface area contributed by atoms with Crippen molar-refractivity contribution in [3.05, 3.63) is 60.2 Å². The zero-order valence-electron chi connectivity index (χ0n) is 21.0. The van der Waals surface area contributed by atoms with Crippen LogP contribution in [0, 0.1) is 0 Å². The number of aromatic hydroxyl groups is 1. The molecule has 1 amide bonds. The number of ketones is 1. The molecule has 0 aliphatic heterocycles. The number of carbonyl (C=O) groups excluding carboxylic acids is 2. The summed E-state index contributed by atoms with van der Waals surface area (Å²) in [5, 5.41) is 22.1. The number of methoxy groups -OCH3 is 1. The van der Waals surface area contributed by atoms with Gasteiger partial charge in [-0.25, -0.2) is 0 Å². The summed E-state index contributed by atoms with van der Waals surface area (Å²) < 4.78 is 4.89. The second kappa shape index (κ2) is 14.1. The van der Waals surface area contributed by atoms with Crippen LogP contribution in [0.2, 0.25) is 0 Å². The predicted octanol–water partition coefficient (Wildman–Crippen LogP) is 3.05. The minimum Gasteiger partial charge on any atom is -0.506 e. The molecule has 1 heterocycles. The number of aromatic nitrogens is 3. The predicted molar refractivity (Wildman–Crippen MR) is 139 cm³/mol. The molecule has 192 valence electrons. The highest BCUT2D eigenvalue weighted by molar-refractivity contribution is 5.91. The molecule has 0 aliphatic rings. The summed E-state index contributed by atoms with van der Waals surface area (Å²) in [4.78, 5) is 27.4. The van der Waals surface area contributed by atoms with Gasteiger partial charge in [0.05, 0.1) is 13.2 Å². The number of phenolic OH excluding ortho intramolecular Hbond substituents is 1. The van der Waals surface area contributed by atoms with Crippen molar-refractivity contribution in [2.75, 3.05) is 40.4 Å². The number of hydrogen-bond acceptors (Lipinski definition) is 7. The Kier molecular flexibility index (Phi) is 10.6. The van der Waals surface area contributed by atoms with E-state index in [0.717, 1.165) is 42.4 Å². The van der Waals surface area contributed by atoms with Crippen molar-refractivity contribution >= 4 is 22.7 Å². The summed E-state index contributed by atoms with van der Waals surface area (Å²) in [6.07, 6.45) is 7.06. The number of ether oxygens (including phenoxy) is 1. The van der Waals surface area contributed by atoms with Crippen LogP contribution < -0.4 is 5.32 Å². The van der Waals surface area contributed by atoms with E-state index >= 15 is 0 Å². The van der Waals surface area contributed by atoms with Gasteiger partial charge >= 0.3 is 0 Å². The number of nitrogens with one attached hydrogen (secondary N) is 1. The summed E-state index contributed by atoms with van der Waals surface area (Å²) >= 11 is 0. The van der Waals surface area contributed by atoms with Crippen molar-refractivity contribution < 1.29 is 19.4 Å². The lowest BCUT2D eigenvalue weighted by Gasteiger charge is -2.14. The molecule has 0 radical (unpaired) electrons. The minimum absolute atomic E-state index is 0.0285. The Morgan fingerprint density at radius 3 is 2.58 bits per heavy atom. The van der Waals surface area contributed by atoms with Crippen LogP contribution >= 0.6 is 0 Å². The van der Waals surface area contributed by atoms with Crippen LogP contribution in [0.5, 0.6) is 5.75 Å². The number of phenols is 1. The first-order chi connectivity index (χ1) is 17.5. The van der Waals surface area contributed by atoms with E-state index in [1.165, 1.54) is 4.80 Å². The highest BCUT2D eigenvalue weighted by Gasteiger charge is 2.10. The zero-order chi connectivity index (χ0) is 25.8. The van der Waals surface area contributed by atoms with Gasteiger partial charge in [0.15, 0.2) is 5.78 Å². The number of hydrogen-bond donors (Lipinski definition) is 2. The monoisotopic (exact) mass is 493 g/mol. The van der Waals surface area contributed by atoms with Crippen molar-refractivity contribution in [2.45, 2.75) is 32.1 Å². The Morgan fingerprint density at radius 2 is 1.86 bits per heavy atom. The number of unbranched alkanes of at least 4 members (excludes halogenated alkanes) is 2. The number of benzene rings is 2. The molecule has 0 saturated heterocycles. The number of carbonyl (C=O) groups is 2. The van der Waals surface area contributed by atoms with Crippen molar-refractivity contribution in [1.82, 2.24) is 25.2 Å². The molecule has 0 atom stereocenters. The van der Waals surface area contributed by atoms with Gasteiger partial charge in [0.2, 0.25) is 5.91 Å². The zero-order valence-corrected chi connectivity index (χ0v) is 21.0. The maximum absolute atomic E-state index is 12.2. The largest absolute Gasteiger partial charge is 0.506 e. The first-order valence-electron chi connectivity index (χ1n) is 12.2. The van der Waals surface area contributed by atoms with Crippen LogP contribution in [0.15, 0.2) is 54.6 Å². The highest BCUT2D eigenvalue weighted by atomic mass is 16.5. The summed E-state index contributed by atoms with van der Waals surface area (Å²) in [7, 11) is 3.52. The minimum atomic E-state index is 0.0285. The fraction of sp³-hybridized carbons (Fsp3) is 0.407. The quantitative estimate of drug-likeness (QED) is 0.247. The third kappa shape index (κ3) is 8.58. The van der Waals surface area contributed by atoms with E-state index in [2.05, 4.69) is 15.5 Å². The van der Waals surface area contributed by atoms with Crippen molar-refractivity contribution in [3.63, 3.8) is 0 Å². The van der Waals surface area contributed by atoms with Crippen LogP contribution in [0.25, 0.3) is 16.7 Å². The topological polar surface area (TPSA) is 110 Å². The van der Waals surface area contributed by atoms with E-state index in [1.54, 1.807) is 25.3 Å². The van der Waals surface area contributed by atoms with E-state index in [-0.39, 0.29) is 17.4 Å². The number of likely N-dealkylation sites (N-methyl/N-ethyl adjacent to an activating group) is 1. The molecular weight excluding hydrogens is 458 g/mol. The average molecular weight is 494 g/mol. The molecule has 9 heteroatoms. The van der Waals surface area contributed by atoms with Gasteiger partial charge < -0.3 is 15.2 Å². The number of rotatable bonds is 15. The summed E-state index contributed by atoms with van der Waals surface area (Å²) in [5.74, 6) is 0.186. The first-order valence-corrected chi connectivity index (χ1v) is 12.2.